The Labute approximate surface area is 195 Å². The van der Waals surface area contributed by atoms with E-state index in [1.807, 2.05) is 57.2 Å². The van der Waals surface area contributed by atoms with E-state index in [4.69, 9.17) is 25.8 Å². The molecule has 0 amide bonds. The highest BCUT2D eigenvalue weighted by molar-refractivity contribution is 6.30. The van der Waals surface area contributed by atoms with Gasteiger partial charge in [0.2, 0.25) is 0 Å². The summed E-state index contributed by atoms with van der Waals surface area (Å²) in [6.07, 6.45) is 2.49. The molecule has 172 valence electrons. The second-order valence-electron chi connectivity index (χ2n) is 9.82. The maximum absolute atomic E-state index is 12.0. The van der Waals surface area contributed by atoms with Crippen molar-refractivity contribution < 1.29 is 19.0 Å². The van der Waals surface area contributed by atoms with Gasteiger partial charge in [0.05, 0.1) is 13.0 Å². The molecule has 0 saturated carbocycles. The summed E-state index contributed by atoms with van der Waals surface area (Å²) in [5, 5.41) is 0.723. The van der Waals surface area contributed by atoms with Crippen LogP contribution in [-0.4, -0.2) is 42.7 Å². The highest BCUT2D eigenvalue weighted by Gasteiger charge is 2.43. The van der Waals surface area contributed by atoms with Crippen molar-refractivity contribution in [2.75, 3.05) is 26.2 Å². The zero-order valence-electron chi connectivity index (χ0n) is 19.2. The second kappa shape index (κ2) is 9.32. The predicted octanol–water partition coefficient (Wildman–Crippen LogP) is 5.38. The van der Waals surface area contributed by atoms with Crippen LogP contribution in [0.2, 0.25) is 5.02 Å². The summed E-state index contributed by atoms with van der Waals surface area (Å²) in [4.78, 5) is 14.4. The van der Waals surface area contributed by atoms with E-state index in [9.17, 15) is 4.79 Å². The van der Waals surface area contributed by atoms with Crippen molar-refractivity contribution in [3.8, 4) is 11.5 Å². The molecule has 4 rings (SSSR count). The Morgan fingerprint density at radius 2 is 1.84 bits per heavy atom. The lowest BCUT2D eigenvalue weighted by Gasteiger charge is -2.38. The van der Waals surface area contributed by atoms with Gasteiger partial charge in [-0.2, -0.15) is 0 Å². The lowest BCUT2D eigenvalue weighted by molar-refractivity contribution is -0.155. The lowest BCUT2D eigenvalue weighted by Crippen LogP contribution is -2.44. The third-order valence-electron chi connectivity index (χ3n) is 6.21. The first kappa shape index (κ1) is 22.9. The minimum absolute atomic E-state index is 0.0620. The van der Waals surface area contributed by atoms with Crippen molar-refractivity contribution in [1.82, 2.24) is 4.90 Å². The van der Waals surface area contributed by atoms with E-state index in [0.29, 0.717) is 19.6 Å². The Kier molecular flexibility index (Phi) is 6.68. The first-order valence-electron chi connectivity index (χ1n) is 11.3. The molecule has 32 heavy (non-hydrogen) atoms. The molecular formula is C26H32ClNO4. The number of hydrogen-bond acceptors (Lipinski definition) is 5. The van der Waals surface area contributed by atoms with Crippen molar-refractivity contribution in [2.24, 2.45) is 0 Å². The summed E-state index contributed by atoms with van der Waals surface area (Å²) in [6.45, 7) is 9.58. The average molecular weight is 458 g/mol. The van der Waals surface area contributed by atoms with Crippen molar-refractivity contribution in [2.45, 2.75) is 57.7 Å². The molecule has 0 radical (unpaired) electrons. The molecule has 1 spiro atoms. The number of rotatable bonds is 6. The number of fused-ring (bicyclic) bond motifs is 2. The van der Waals surface area contributed by atoms with Gasteiger partial charge in [0, 0.05) is 28.6 Å². The van der Waals surface area contributed by atoms with Crippen LogP contribution in [0.1, 0.15) is 51.2 Å². The molecule has 2 aliphatic heterocycles. The maximum Gasteiger partial charge on any atom is 0.307 e. The van der Waals surface area contributed by atoms with Crippen LogP contribution in [0.3, 0.4) is 0 Å². The van der Waals surface area contributed by atoms with Crippen LogP contribution >= 0.6 is 11.6 Å². The molecule has 1 saturated heterocycles. The minimum atomic E-state index is -0.425. The first-order chi connectivity index (χ1) is 15.2. The fourth-order valence-electron chi connectivity index (χ4n) is 4.45. The fourth-order valence-corrected chi connectivity index (χ4v) is 4.58. The Morgan fingerprint density at radius 3 is 2.53 bits per heavy atom. The number of halogens is 1. The Bertz CT molecular complexity index is 943. The molecule has 6 heteroatoms. The van der Waals surface area contributed by atoms with Gasteiger partial charge >= 0.3 is 5.97 Å². The van der Waals surface area contributed by atoms with Gasteiger partial charge in [0.15, 0.2) is 0 Å². The number of carbonyl (C=O) groups excluding carboxylic acids is 1. The summed E-state index contributed by atoms with van der Waals surface area (Å²) in [5.41, 5.74) is 1.99. The zero-order valence-corrected chi connectivity index (χ0v) is 19.9. The van der Waals surface area contributed by atoms with E-state index < -0.39 is 5.60 Å². The quantitative estimate of drug-likeness (QED) is 0.545. The van der Waals surface area contributed by atoms with E-state index in [1.165, 1.54) is 5.56 Å². The number of nitrogens with zero attached hydrogens (tertiary/aromatic N) is 1. The fraction of sp³-hybridized carbons (Fsp3) is 0.500. The molecular weight excluding hydrogens is 426 g/mol. The second-order valence-corrected chi connectivity index (χ2v) is 10.3. The summed E-state index contributed by atoms with van der Waals surface area (Å²) >= 11 is 5.95. The van der Waals surface area contributed by atoms with Crippen molar-refractivity contribution in [3.63, 3.8) is 0 Å². The molecule has 1 fully saturated rings. The van der Waals surface area contributed by atoms with Gasteiger partial charge in [-0.15, -0.1) is 0 Å². The van der Waals surface area contributed by atoms with Crippen molar-refractivity contribution in [1.29, 1.82) is 0 Å². The predicted molar refractivity (Wildman–Crippen MR) is 126 cm³/mol. The Hall–Kier alpha value is -2.24. The number of benzene rings is 2. The SMILES string of the molecule is CC(C)(C)OC(=O)CCN1CCC2(CC1)COc1cc(OCc3ccc(Cl)cc3)ccc12. The molecule has 0 N–H and O–H groups in total. The largest absolute Gasteiger partial charge is 0.492 e. The van der Waals surface area contributed by atoms with Crippen molar-refractivity contribution in [3.05, 3.63) is 58.6 Å². The van der Waals surface area contributed by atoms with Gasteiger partial charge in [-0.05, 0) is 70.5 Å². The number of ether oxygens (including phenoxy) is 3. The van der Waals surface area contributed by atoms with E-state index in [2.05, 4.69) is 11.0 Å². The molecule has 0 aliphatic carbocycles. The Balaban J connectivity index is 1.30. The standard InChI is InChI=1S/C26H32ClNO4/c1-25(2,3)32-24(29)10-13-28-14-11-26(12-15-28)18-31-23-16-21(8-9-22(23)26)30-17-19-4-6-20(27)7-5-19/h4-9,16H,10-15,17-18H2,1-3H3. The first-order valence-corrected chi connectivity index (χ1v) is 11.7. The van der Waals surface area contributed by atoms with Crippen LogP contribution in [0.25, 0.3) is 0 Å². The number of hydrogen-bond donors (Lipinski definition) is 0. The molecule has 0 bridgehead atoms. The monoisotopic (exact) mass is 457 g/mol. The van der Waals surface area contributed by atoms with Gasteiger partial charge in [-0.3, -0.25) is 4.79 Å². The third kappa shape index (κ3) is 5.57. The topological polar surface area (TPSA) is 48.0 Å². The number of likely N-dealkylation sites (tertiary alicyclic amines) is 1. The van der Waals surface area contributed by atoms with E-state index >= 15 is 0 Å². The maximum atomic E-state index is 12.0. The summed E-state index contributed by atoms with van der Waals surface area (Å²) in [7, 11) is 0. The van der Waals surface area contributed by atoms with Crippen LogP contribution in [0.15, 0.2) is 42.5 Å². The smallest absolute Gasteiger partial charge is 0.307 e. The number of carbonyl (C=O) groups is 1. The van der Waals surface area contributed by atoms with Crippen molar-refractivity contribution >= 4 is 17.6 Å². The summed E-state index contributed by atoms with van der Waals surface area (Å²) in [6, 6.07) is 13.9. The molecule has 2 heterocycles. The number of esters is 1. The molecule has 2 aliphatic rings. The highest BCUT2D eigenvalue weighted by atomic mass is 35.5. The molecule has 0 aromatic heterocycles. The third-order valence-corrected chi connectivity index (χ3v) is 6.46. The van der Waals surface area contributed by atoms with Crippen LogP contribution in [0.4, 0.5) is 0 Å². The molecule has 0 unspecified atom stereocenters. The molecule has 2 aromatic rings. The van der Waals surface area contributed by atoms with E-state index in [-0.39, 0.29) is 11.4 Å². The summed E-state index contributed by atoms with van der Waals surface area (Å²) < 4.78 is 17.5. The van der Waals surface area contributed by atoms with Crippen LogP contribution in [-0.2, 0) is 21.6 Å². The zero-order chi connectivity index (χ0) is 22.8. The van der Waals surface area contributed by atoms with Gasteiger partial charge in [-0.1, -0.05) is 29.8 Å². The molecule has 0 atom stereocenters. The normalized spacial score (nSPS) is 17.6. The molecule has 2 aromatic carbocycles. The summed E-state index contributed by atoms with van der Waals surface area (Å²) in [5.74, 6) is 1.62. The minimum Gasteiger partial charge on any atom is -0.492 e. The van der Waals surface area contributed by atoms with E-state index in [1.54, 1.807) is 0 Å². The average Bonchev–Trinajstić information content (AvgIpc) is 3.09. The van der Waals surface area contributed by atoms with Crippen LogP contribution in [0.5, 0.6) is 11.5 Å². The van der Waals surface area contributed by atoms with Crippen LogP contribution in [0, 0.1) is 0 Å². The van der Waals surface area contributed by atoms with E-state index in [0.717, 1.165) is 54.6 Å². The van der Waals surface area contributed by atoms with Gasteiger partial charge in [0.25, 0.3) is 0 Å². The van der Waals surface area contributed by atoms with Gasteiger partial charge in [0.1, 0.15) is 23.7 Å². The lowest BCUT2D eigenvalue weighted by atomic mass is 9.74. The highest BCUT2D eigenvalue weighted by Crippen LogP contribution is 2.46. The number of piperidine rings is 1. The van der Waals surface area contributed by atoms with Crippen LogP contribution < -0.4 is 9.47 Å². The van der Waals surface area contributed by atoms with Gasteiger partial charge < -0.3 is 19.1 Å². The Morgan fingerprint density at radius 1 is 1.12 bits per heavy atom. The van der Waals surface area contributed by atoms with Gasteiger partial charge in [-0.25, -0.2) is 0 Å². The molecule has 5 nitrogen and oxygen atoms in total.